The quantitative estimate of drug-likeness (QED) is 0.782. The molecule has 0 aliphatic carbocycles. The van der Waals surface area contributed by atoms with E-state index >= 15 is 0 Å². The first-order chi connectivity index (χ1) is 8.29. The summed E-state index contributed by atoms with van der Waals surface area (Å²) in [6.45, 7) is 0.642. The second-order valence-corrected chi connectivity index (χ2v) is 3.98. The van der Waals surface area contributed by atoms with Gasteiger partial charge in [-0.15, -0.1) is 0 Å². The molecule has 0 spiro atoms. The molecule has 0 atom stereocenters. The monoisotopic (exact) mass is 232 g/mol. The SMILES string of the molecule is COc1ccc(CCC(=O)C2=CCCO2)cc1. The standard InChI is InChI=1S/C14H16O3/c1-16-12-7-4-11(5-8-12)6-9-13(15)14-3-2-10-17-14/h3-5,7-8H,2,6,9-10H2,1H3. The zero-order chi connectivity index (χ0) is 12.1. The molecule has 1 aromatic rings. The number of ether oxygens (including phenoxy) is 2. The van der Waals surface area contributed by atoms with Gasteiger partial charge in [-0.25, -0.2) is 0 Å². The summed E-state index contributed by atoms with van der Waals surface area (Å²) in [4.78, 5) is 11.7. The molecule has 1 aliphatic heterocycles. The number of hydrogen-bond donors (Lipinski definition) is 0. The highest BCUT2D eigenvalue weighted by molar-refractivity contribution is 5.93. The molecule has 1 aromatic carbocycles. The van der Waals surface area contributed by atoms with Crippen LogP contribution in [0.25, 0.3) is 0 Å². The van der Waals surface area contributed by atoms with Crippen LogP contribution in [0.2, 0.25) is 0 Å². The number of methoxy groups -OCH3 is 1. The van der Waals surface area contributed by atoms with Crippen LogP contribution < -0.4 is 4.74 Å². The van der Waals surface area contributed by atoms with Crippen molar-refractivity contribution in [3.8, 4) is 5.75 Å². The highest BCUT2D eigenvalue weighted by Gasteiger charge is 2.14. The van der Waals surface area contributed by atoms with Crippen molar-refractivity contribution >= 4 is 5.78 Å². The van der Waals surface area contributed by atoms with Crippen LogP contribution in [0.3, 0.4) is 0 Å². The Morgan fingerprint density at radius 1 is 1.35 bits per heavy atom. The third kappa shape index (κ3) is 3.09. The Kier molecular flexibility index (Phi) is 3.81. The van der Waals surface area contributed by atoms with Crippen molar-refractivity contribution in [2.24, 2.45) is 0 Å². The van der Waals surface area contributed by atoms with Gasteiger partial charge in [0.1, 0.15) is 5.75 Å². The Hall–Kier alpha value is -1.77. The lowest BCUT2D eigenvalue weighted by atomic mass is 10.1. The number of benzene rings is 1. The van der Waals surface area contributed by atoms with E-state index in [9.17, 15) is 4.79 Å². The Balaban J connectivity index is 1.86. The van der Waals surface area contributed by atoms with Crippen molar-refractivity contribution in [3.63, 3.8) is 0 Å². The number of carbonyl (C=O) groups excluding carboxylic acids is 1. The van der Waals surface area contributed by atoms with Gasteiger partial charge < -0.3 is 9.47 Å². The molecule has 3 heteroatoms. The maximum Gasteiger partial charge on any atom is 0.197 e. The van der Waals surface area contributed by atoms with Gasteiger partial charge in [-0.2, -0.15) is 0 Å². The molecule has 0 aromatic heterocycles. The highest BCUT2D eigenvalue weighted by atomic mass is 16.5. The second-order valence-electron chi connectivity index (χ2n) is 3.98. The molecule has 0 amide bonds. The molecule has 2 rings (SSSR count). The first-order valence-electron chi connectivity index (χ1n) is 5.78. The number of Topliss-reactive ketones (excluding diaryl/α,β-unsaturated/α-hetero) is 1. The van der Waals surface area contributed by atoms with Crippen LogP contribution in [0.5, 0.6) is 5.75 Å². The number of ketones is 1. The van der Waals surface area contributed by atoms with Crippen molar-refractivity contribution in [1.82, 2.24) is 0 Å². The van der Waals surface area contributed by atoms with E-state index in [1.54, 1.807) is 7.11 Å². The van der Waals surface area contributed by atoms with Gasteiger partial charge in [0.25, 0.3) is 0 Å². The molecule has 0 radical (unpaired) electrons. The lowest BCUT2D eigenvalue weighted by molar-refractivity contribution is -0.118. The average Bonchev–Trinajstić information content (AvgIpc) is 2.90. The molecule has 0 saturated carbocycles. The maximum absolute atomic E-state index is 11.7. The van der Waals surface area contributed by atoms with Crippen molar-refractivity contribution in [3.05, 3.63) is 41.7 Å². The van der Waals surface area contributed by atoms with Crippen LogP contribution in [0, 0.1) is 0 Å². The number of aryl methyl sites for hydroxylation is 1. The second kappa shape index (κ2) is 5.53. The Bertz CT molecular complexity index is 418. The smallest absolute Gasteiger partial charge is 0.197 e. The topological polar surface area (TPSA) is 35.5 Å². The minimum atomic E-state index is 0.0957. The van der Waals surface area contributed by atoms with Gasteiger partial charge in [0.15, 0.2) is 11.5 Å². The van der Waals surface area contributed by atoms with E-state index < -0.39 is 0 Å². The highest BCUT2D eigenvalue weighted by Crippen LogP contribution is 2.16. The lowest BCUT2D eigenvalue weighted by Crippen LogP contribution is -2.04. The molecular formula is C14H16O3. The van der Waals surface area contributed by atoms with Crippen LogP contribution in [0.4, 0.5) is 0 Å². The minimum absolute atomic E-state index is 0.0957. The van der Waals surface area contributed by atoms with Crippen molar-refractivity contribution in [2.45, 2.75) is 19.3 Å². The molecule has 0 N–H and O–H groups in total. The van der Waals surface area contributed by atoms with Gasteiger partial charge in [-0.1, -0.05) is 12.1 Å². The molecule has 90 valence electrons. The largest absolute Gasteiger partial charge is 0.497 e. The fourth-order valence-electron chi connectivity index (χ4n) is 1.79. The van der Waals surface area contributed by atoms with E-state index in [0.717, 1.165) is 24.2 Å². The summed E-state index contributed by atoms with van der Waals surface area (Å²) in [5, 5.41) is 0. The van der Waals surface area contributed by atoms with Gasteiger partial charge in [0, 0.05) is 12.8 Å². The van der Waals surface area contributed by atoms with E-state index in [0.29, 0.717) is 18.8 Å². The van der Waals surface area contributed by atoms with E-state index in [1.165, 1.54) is 0 Å². The summed E-state index contributed by atoms with van der Waals surface area (Å²) in [6, 6.07) is 7.78. The predicted molar refractivity (Wildman–Crippen MR) is 65.0 cm³/mol. The van der Waals surface area contributed by atoms with E-state index in [4.69, 9.17) is 9.47 Å². The molecule has 0 unspecified atom stereocenters. The molecule has 17 heavy (non-hydrogen) atoms. The van der Waals surface area contributed by atoms with E-state index in [2.05, 4.69) is 0 Å². The molecule has 1 heterocycles. The van der Waals surface area contributed by atoms with Crippen molar-refractivity contribution < 1.29 is 14.3 Å². The molecule has 0 saturated heterocycles. The minimum Gasteiger partial charge on any atom is -0.497 e. The molecule has 3 nitrogen and oxygen atoms in total. The summed E-state index contributed by atoms with van der Waals surface area (Å²) < 4.78 is 10.3. The Labute approximate surface area is 101 Å². The molecule has 0 fully saturated rings. The third-order valence-corrected chi connectivity index (χ3v) is 2.78. The fourth-order valence-corrected chi connectivity index (χ4v) is 1.79. The summed E-state index contributed by atoms with van der Waals surface area (Å²) >= 11 is 0. The number of allylic oxidation sites excluding steroid dienone is 1. The summed E-state index contributed by atoms with van der Waals surface area (Å²) in [6.07, 6.45) is 3.96. The number of carbonyl (C=O) groups is 1. The van der Waals surface area contributed by atoms with Crippen LogP contribution in [0.15, 0.2) is 36.1 Å². The average molecular weight is 232 g/mol. The van der Waals surface area contributed by atoms with Gasteiger partial charge in [-0.3, -0.25) is 4.79 Å². The maximum atomic E-state index is 11.7. The predicted octanol–water partition coefficient (Wildman–Crippen LogP) is 2.50. The van der Waals surface area contributed by atoms with Gasteiger partial charge in [0.05, 0.1) is 13.7 Å². The zero-order valence-corrected chi connectivity index (χ0v) is 9.94. The zero-order valence-electron chi connectivity index (χ0n) is 9.94. The summed E-state index contributed by atoms with van der Waals surface area (Å²) in [5.41, 5.74) is 1.14. The van der Waals surface area contributed by atoms with Crippen LogP contribution in [-0.4, -0.2) is 19.5 Å². The Morgan fingerprint density at radius 2 is 2.12 bits per heavy atom. The molecular weight excluding hydrogens is 216 g/mol. The van der Waals surface area contributed by atoms with Crippen molar-refractivity contribution in [1.29, 1.82) is 0 Å². The van der Waals surface area contributed by atoms with Crippen molar-refractivity contribution in [2.75, 3.05) is 13.7 Å². The number of hydrogen-bond acceptors (Lipinski definition) is 3. The normalized spacial score (nSPS) is 14.1. The van der Waals surface area contributed by atoms with E-state index in [1.807, 2.05) is 30.3 Å². The van der Waals surface area contributed by atoms with Crippen LogP contribution in [0.1, 0.15) is 18.4 Å². The summed E-state index contributed by atoms with van der Waals surface area (Å²) in [7, 11) is 1.64. The van der Waals surface area contributed by atoms with E-state index in [-0.39, 0.29) is 5.78 Å². The van der Waals surface area contributed by atoms with Gasteiger partial charge >= 0.3 is 0 Å². The first-order valence-corrected chi connectivity index (χ1v) is 5.78. The Morgan fingerprint density at radius 3 is 2.71 bits per heavy atom. The van der Waals surface area contributed by atoms with Gasteiger partial charge in [-0.05, 0) is 30.2 Å². The van der Waals surface area contributed by atoms with Crippen LogP contribution in [-0.2, 0) is 16.0 Å². The fraction of sp³-hybridized carbons (Fsp3) is 0.357. The lowest BCUT2D eigenvalue weighted by Gasteiger charge is -2.04. The first kappa shape index (κ1) is 11.7. The van der Waals surface area contributed by atoms with Crippen LogP contribution >= 0.6 is 0 Å². The van der Waals surface area contributed by atoms with Gasteiger partial charge in [0.2, 0.25) is 0 Å². The number of rotatable bonds is 5. The third-order valence-electron chi connectivity index (χ3n) is 2.78. The molecule has 1 aliphatic rings. The molecule has 0 bridgehead atoms. The summed E-state index contributed by atoms with van der Waals surface area (Å²) in [5.74, 6) is 1.47.